The molecule has 0 saturated heterocycles. The first kappa shape index (κ1) is 23.9. The summed E-state index contributed by atoms with van der Waals surface area (Å²) in [5.41, 5.74) is 3.21. The van der Waals surface area contributed by atoms with Gasteiger partial charge in [-0.15, -0.1) is 0 Å². The molecule has 2 amide bonds. The van der Waals surface area contributed by atoms with E-state index >= 15 is 0 Å². The molecule has 1 N–H and O–H groups in total. The Balaban J connectivity index is 2.16. The van der Waals surface area contributed by atoms with Crippen LogP contribution >= 0.6 is 15.9 Å². The van der Waals surface area contributed by atoms with Crippen molar-refractivity contribution in [2.45, 2.75) is 59.7 Å². The average Bonchev–Trinajstić information content (AvgIpc) is 2.72. The first-order valence-electron chi connectivity index (χ1n) is 10.3. The number of nitrogens with one attached hydrogen (secondary N) is 1. The summed E-state index contributed by atoms with van der Waals surface area (Å²) in [6, 6.07) is 12.9. The van der Waals surface area contributed by atoms with Crippen LogP contribution in [0.15, 0.2) is 46.9 Å². The third-order valence-corrected chi connectivity index (χ3v) is 5.74. The molecule has 2 rings (SSSR count). The zero-order valence-electron chi connectivity index (χ0n) is 18.4. The Kier molecular flexibility index (Phi) is 8.90. The predicted octanol–water partition coefficient (Wildman–Crippen LogP) is 4.78. The average molecular weight is 475 g/mol. The van der Waals surface area contributed by atoms with Crippen LogP contribution in [0, 0.1) is 13.8 Å². The minimum Gasteiger partial charge on any atom is -0.484 e. The Morgan fingerprint density at radius 1 is 1.10 bits per heavy atom. The number of hydrogen-bond acceptors (Lipinski definition) is 3. The summed E-state index contributed by atoms with van der Waals surface area (Å²) in [5.74, 6) is 0.240. The van der Waals surface area contributed by atoms with Crippen LogP contribution in [0.2, 0.25) is 0 Å². The van der Waals surface area contributed by atoms with Crippen LogP contribution in [0.4, 0.5) is 0 Å². The topological polar surface area (TPSA) is 58.6 Å². The van der Waals surface area contributed by atoms with Crippen molar-refractivity contribution in [1.82, 2.24) is 10.2 Å². The van der Waals surface area contributed by atoms with E-state index in [1.165, 1.54) is 5.56 Å². The minimum absolute atomic E-state index is 0.0505. The third-order valence-electron chi connectivity index (χ3n) is 5.25. The fraction of sp³-hybridized carbons (Fsp3) is 0.417. The summed E-state index contributed by atoms with van der Waals surface area (Å²) in [5, 5.41) is 2.97. The summed E-state index contributed by atoms with van der Waals surface area (Å²) < 4.78 is 6.67. The molecule has 162 valence electrons. The van der Waals surface area contributed by atoms with Crippen molar-refractivity contribution < 1.29 is 14.3 Å². The molecule has 2 aromatic carbocycles. The molecule has 0 aliphatic heterocycles. The molecular weight excluding hydrogens is 444 g/mol. The zero-order valence-corrected chi connectivity index (χ0v) is 20.0. The molecule has 2 aromatic rings. The van der Waals surface area contributed by atoms with Crippen LogP contribution in [0.25, 0.3) is 0 Å². The quantitative estimate of drug-likeness (QED) is 0.568. The van der Waals surface area contributed by atoms with Crippen LogP contribution in [0.5, 0.6) is 5.75 Å². The van der Waals surface area contributed by atoms with Crippen molar-refractivity contribution in [3.8, 4) is 5.75 Å². The van der Waals surface area contributed by atoms with Gasteiger partial charge in [0.05, 0.1) is 0 Å². The highest BCUT2D eigenvalue weighted by Crippen LogP contribution is 2.18. The zero-order chi connectivity index (χ0) is 22.3. The van der Waals surface area contributed by atoms with Crippen molar-refractivity contribution in [2.75, 3.05) is 6.61 Å². The van der Waals surface area contributed by atoms with Crippen LogP contribution in [0.3, 0.4) is 0 Å². The van der Waals surface area contributed by atoms with Crippen molar-refractivity contribution in [3.05, 3.63) is 63.6 Å². The van der Waals surface area contributed by atoms with Gasteiger partial charge in [-0.2, -0.15) is 0 Å². The van der Waals surface area contributed by atoms with Gasteiger partial charge in [0.2, 0.25) is 5.91 Å². The molecule has 0 heterocycles. The molecule has 0 bridgehead atoms. The number of carbonyl (C=O) groups excluding carboxylic acids is 2. The Morgan fingerprint density at radius 2 is 1.83 bits per heavy atom. The minimum atomic E-state index is -0.617. The summed E-state index contributed by atoms with van der Waals surface area (Å²) in [6.07, 6.45) is 0.827. The number of benzene rings is 2. The lowest BCUT2D eigenvalue weighted by molar-refractivity contribution is -0.142. The molecule has 0 aromatic heterocycles. The van der Waals surface area contributed by atoms with E-state index in [2.05, 4.69) is 21.2 Å². The van der Waals surface area contributed by atoms with Gasteiger partial charge in [-0.1, -0.05) is 41.1 Å². The molecule has 6 heteroatoms. The molecule has 0 unspecified atom stereocenters. The maximum atomic E-state index is 13.1. The number of amides is 2. The number of nitrogens with zero attached hydrogens (tertiary/aromatic N) is 1. The van der Waals surface area contributed by atoms with Gasteiger partial charge >= 0.3 is 0 Å². The van der Waals surface area contributed by atoms with Gasteiger partial charge in [-0.05, 0) is 75.1 Å². The van der Waals surface area contributed by atoms with E-state index in [4.69, 9.17) is 4.74 Å². The number of rotatable bonds is 9. The van der Waals surface area contributed by atoms with Gasteiger partial charge in [-0.25, -0.2) is 0 Å². The van der Waals surface area contributed by atoms with Gasteiger partial charge in [0.1, 0.15) is 11.8 Å². The number of aryl methyl sites for hydroxylation is 2. The molecule has 0 spiro atoms. The Bertz CT molecular complexity index is 885. The lowest BCUT2D eigenvalue weighted by Crippen LogP contribution is -2.50. The Labute approximate surface area is 187 Å². The maximum Gasteiger partial charge on any atom is 0.261 e. The van der Waals surface area contributed by atoms with E-state index in [1.54, 1.807) is 11.8 Å². The Morgan fingerprint density at radius 3 is 2.47 bits per heavy atom. The molecule has 30 heavy (non-hydrogen) atoms. The standard InChI is InChI=1S/C24H31BrN2O3/c1-6-18(4)26-24(29)19(5)27(14-20-8-7-9-21(25)13-20)23(28)15-30-22-11-10-16(2)17(3)12-22/h7-13,18-19H,6,14-15H2,1-5H3,(H,26,29)/t18-,19-/m1/s1. The van der Waals surface area contributed by atoms with Gasteiger partial charge < -0.3 is 15.0 Å². The van der Waals surface area contributed by atoms with Crippen molar-refractivity contribution in [3.63, 3.8) is 0 Å². The number of hydrogen-bond donors (Lipinski definition) is 1. The van der Waals surface area contributed by atoms with E-state index in [9.17, 15) is 9.59 Å². The smallest absolute Gasteiger partial charge is 0.261 e. The van der Waals surface area contributed by atoms with Crippen LogP contribution in [-0.4, -0.2) is 35.4 Å². The third kappa shape index (κ3) is 6.87. The maximum absolute atomic E-state index is 13.1. The number of carbonyl (C=O) groups is 2. The van der Waals surface area contributed by atoms with E-state index in [1.807, 2.05) is 70.2 Å². The molecule has 5 nitrogen and oxygen atoms in total. The van der Waals surface area contributed by atoms with E-state index in [0.29, 0.717) is 12.3 Å². The fourth-order valence-electron chi connectivity index (χ4n) is 2.91. The highest BCUT2D eigenvalue weighted by Gasteiger charge is 2.27. The second-order valence-electron chi connectivity index (χ2n) is 7.68. The number of ether oxygens (including phenoxy) is 1. The molecular formula is C24H31BrN2O3. The van der Waals surface area contributed by atoms with Crippen LogP contribution in [-0.2, 0) is 16.1 Å². The van der Waals surface area contributed by atoms with Gasteiger partial charge in [0, 0.05) is 17.1 Å². The first-order chi connectivity index (χ1) is 14.2. The van der Waals surface area contributed by atoms with Gasteiger partial charge in [0.15, 0.2) is 6.61 Å². The Hall–Kier alpha value is -2.34. The second kappa shape index (κ2) is 11.2. The van der Waals surface area contributed by atoms with E-state index in [-0.39, 0.29) is 24.5 Å². The highest BCUT2D eigenvalue weighted by molar-refractivity contribution is 9.10. The summed E-state index contributed by atoms with van der Waals surface area (Å²) in [4.78, 5) is 27.4. The van der Waals surface area contributed by atoms with E-state index in [0.717, 1.165) is 22.0 Å². The molecule has 0 fully saturated rings. The lowest BCUT2D eigenvalue weighted by Gasteiger charge is -2.29. The van der Waals surface area contributed by atoms with Gasteiger partial charge in [-0.3, -0.25) is 9.59 Å². The molecule has 0 aliphatic carbocycles. The first-order valence-corrected chi connectivity index (χ1v) is 11.0. The van der Waals surface area contributed by atoms with Crippen molar-refractivity contribution in [2.24, 2.45) is 0 Å². The fourth-order valence-corrected chi connectivity index (χ4v) is 3.36. The molecule has 0 saturated carbocycles. The highest BCUT2D eigenvalue weighted by atomic mass is 79.9. The summed E-state index contributed by atoms with van der Waals surface area (Å²) >= 11 is 3.46. The molecule has 0 radical (unpaired) electrons. The largest absolute Gasteiger partial charge is 0.484 e. The summed E-state index contributed by atoms with van der Waals surface area (Å²) in [6.45, 7) is 9.95. The summed E-state index contributed by atoms with van der Waals surface area (Å²) in [7, 11) is 0. The van der Waals surface area contributed by atoms with Crippen LogP contribution < -0.4 is 10.1 Å². The SMILES string of the molecule is CC[C@@H](C)NC(=O)[C@@H](C)N(Cc1cccc(Br)c1)C(=O)COc1ccc(C)c(C)c1. The van der Waals surface area contributed by atoms with Crippen LogP contribution in [0.1, 0.15) is 43.9 Å². The van der Waals surface area contributed by atoms with Crippen molar-refractivity contribution >= 4 is 27.7 Å². The van der Waals surface area contributed by atoms with E-state index < -0.39 is 6.04 Å². The molecule has 2 atom stereocenters. The lowest BCUT2D eigenvalue weighted by atomic mass is 10.1. The predicted molar refractivity (Wildman–Crippen MR) is 123 cm³/mol. The van der Waals surface area contributed by atoms with Crippen molar-refractivity contribution in [1.29, 1.82) is 0 Å². The normalized spacial score (nSPS) is 12.7. The second-order valence-corrected chi connectivity index (χ2v) is 8.60. The molecule has 0 aliphatic rings. The number of halogens is 1. The monoisotopic (exact) mass is 474 g/mol. The van der Waals surface area contributed by atoms with Gasteiger partial charge in [0.25, 0.3) is 5.91 Å².